The molecular weight excluding hydrogens is 433 g/mol. The van der Waals surface area contributed by atoms with Crippen LogP contribution < -0.4 is 14.2 Å². The molecule has 1 N–H and O–H groups in total. The number of carbonyl (C=O) groups excluding carboxylic acids is 1. The van der Waals surface area contributed by atoms with Gasteiger partial charge in [-0.2, -0.15) is 0 Å². The van der Waals surface area contributed by atoms with E-state index in [1.807, 2.05) is 0 Å². The number of nitro groups is 1. The fourth-order valence-electron chi connectivity index (χ4n) is 3.02. The number of nitrogens with zero attached hydrogens (tertiary/aromatic N) is 1. The van der Waals surface area contributed by atoms with E-state index in [9.17, 15) is 24.4 Å². The summed E-state index contributed by atoms with van der Waals surface area (Å²) in [6, 6.07) is 12.3. The van der Waals surface area contributed by atoms with E-state index < -0.39 is 10.7 Å². The van der Waals surface area contributed by atoms with Crippen LogP contribution in [-0.2, 0) is 6.61 Å². The van der Waals surface area contributed by atoms with Crippen LogP contribution in [0, 0.1) is 15.9 Å². The number of ether oxygens (including phenoxy) is 3. The molecule has 3 aromatic rings. The van der Waals surface area contributed by atoms with Crippen molar-refractivity contribution >= 4 is 17.5 Å². The van der Waals surface area contributed by atoms with E-state index in [4.69, 9.17) is 14.2 Å². The van der Waals surface area contributed by atoms with Crippen molar-refractivity contribution in [1.82, 2.24) is 0 Å². The highest BCUT2D eigenvalue weighted by atomic mass is 19.1. The van der Waals surface area contributed by atoms with Crippen molar-refractivity contribution in [2.24, 2.45) is 0 Å². The van der Waals surface area contributed by atoms with Crippen LogP contribution in [0.2, 0.25) is 0 Å². The topological polar surface area (TPSA) is 108 Å². The maximum absolute atomic E-state index is 13.5. The monoisotopic (exact) mass is 453 g/mol. The van der Waals surface area contributed by atoms with Gasteiger partial charge in [-0.3, -0.25) is 14.9 Å². The molecule has 0 atom stereocenters. The van der Waals surface area contributed by atoms with Gasteiger partial charge in [-0.1, -0.05) is 12.1 Å². The molecule has 0 aliphatic heterocycles. The SMILES string of the molecule is COc1cc(C(=O)/C=C/c2ccc(OC)c(COc3cc(F)ccc3[N+](=O)[O-])c2)ccc1O. The van der Waals surface area contributed by atoms with Gasteiger partial charge in [0.15, 0.2) is 23.0 Å². The molecule has 0 heterocycles. The first-order valence-electron chi connectivity index (χ1n) is 9.65. The number of carbonyl (C=O) groups is 1. The molecule has 3 aromatic carbocycles. The second-order valence-electron chi connectivity index (χ2n) is 6.81. The number of benzene rings is 3. The van der Waals surface area contributed by atoms with Crippen LogP contribution in [0.15, 0.2) is 60.7 Å². The van der Waals surface area contributed by atoms with Crippen molar-refractivity contribution in [3.8, 4) is 23.0 Å². The van der Waals surface area contributed by atoms with Crippen LogP contribution in [0.3, 0.4) is 0 Å². The zero-order valence-electron chi connectivity index (χ0n) is 17.8. The minimum atomic E-state index is -0.663. The van der Waals surface area contributed by atoms with E-state index in [1.165, 1.54) is 38.5 Å². The molecular formula is C24H20FNO7. The summed E-state index contributed by atoms with van der Waals surface area (Å²) >= 11 is 0. The molecule has 8 nitrogen and oxygen atoms in total. The number of phenolic OH excluding ortho intramolecular Hbond substituents is 1. The van der Waals surface area contributed by atoms with E-state index in [0.29, 0.717) is 22.4 Å². The lowest BCUT2D eigenvalue weighted by atomic mass is 10.1. The van der Waals surface area contributed by atoms with Gasteiger partial charge in [0.25, 0.3) is 0 Å². The van der Waals surface area contributed by atoms with Gasteiger partial charge in [0.1, 0.15) is 18.2 Å². The summed E-state index contributed by atoms with van der Waals surface area (Å²) in [5, 5.41) is 20.8. The second-order valence-corrected chi connectivity index (χ2v) is 6.81. The molecule has 0 aliphatic rings. The van der Waals surface area contributed by atoms with E-state index in [1.54, 1.807) is 24.3 Å². The van der Waals surface area contributed by atoms with Gasteiger partial charge in [-0.05, 0) is 48.0 Å². The predicted molar refractivity (Wildman–Crippen MR) is 118 cm³/mol. The Morgan fingerprint density at radius 1 is 1.03 bits per heavy atom. The predicted octanol–water partition coefficient (Wildman–Crippen LogP) is 4.93. The zero-order chi connectivity index (χ0) is 24.0. The average Bonchev–Trinajstić information content (AvgIpc) is 2.81. The Morgan fingerprint density at radius 2 is 1.79 bits per heavy atom. The first-order chi connectivity index (χ1) is 15.8. The normalized spacial score (nSPS) is 10.8. The van der Waals surface area contributed by atoms with E-state index in [0.717, 1.165) is 18.2 Å². The number of aromatic hydroxyl groups is 1. The molecule has 0 aliphatic carbocycles. The Hall–Kier alpha value is -4.40. The zero-order valence-corrected chi connectivity index (χ0v) is 17.8. The Bertz CT molecular complexity index is 1220. The number of nitro benzene ring substituents is 1. The van der Waals surface area contributed by atoms with Crippen LogP contribution in [0.25, 0.3) is 6.08 Å². The number of rotatable bonds is 9. The van der Waals surface area contributed by atoms with Crippen molar-refractivity contribution in [3.63, 3.8) is 0 Å². The maximum atomic E-state index is 13.5. The molecule has 0 bridgehead atoms. The van der Waals surface area contributed by atoms with Gasteiger partial charge in [-0.25, -0.2) is 4.39 Å². The minimum Gasteiger partial charge on any atom is -0.504 e. The first-order valence-corrected chi connectivity index (χ1v) is 9.65. The molecule has 0 saturated carbocycles. The number of methoxy groups -OCH3 is 2. The van der Waals surface area contributed by atoms with Crippen molar-refractivity contribution < 1.29 is 33.4 Å². The summed E-state index contributed by atoms with van der Waals surface area (Å²) in [7, 11) is 2.85. The first kappa shape index (κ1) is 23.3. The van der Waals surface area contributed by atoms with Gasteiger partial charge in [0.2, 0.25) is 0 Å². The second kappa shape index (κ2) is 10.3. The van der Waals surface area contributed by atoms with Gasteiger partial charge in [0.05, 0.1) is 19.1 Å². The molecule has 3 rings (SSSR count). The van der Waals surface area contributed by atoms with Gasteiger partial charge < -0.3 is 19.3 Å². The third kappa shape index (κ3) is 5.65. The summed E-state index contributed by atoms with van der Waals surface area (Å²) in [4.78, 5) is 23.0. The lowest BCUT2D eigenvalue weighted by molar-refractivity contribution is -0.386. The van der Waals surface area contributed by atoms with Crippen molar-refractivity contribution in [2.75, 3.05) is 14.2 Å². The number of hydrogen-bond acceptors (Lipinski definition) is 7. The molecule has 0 saturated heterocycles. The van der Waals surface area contributed by atoms with E-state index in [2.05, 4.69) is 0 Å². The third-order valence-corrected chi connectivity index (χ3v) is 4.70. The molecule has 170 valence electrons. The number of hydrogen-bond donors (Lipinski definition) is 1. The van der Waals surface area contributed by atoms with Crippen LogP contribution in [0.5, 0.6) is 23.0 Å². The summed E-state index contributed by atoms with van der Waals surface area (Å²) < 4.78 is 29.4. The Labute approximate surface area is 188 Å². The molecule has 0 amide bonds. The molecule has 33 heavy (non-hydrogen) atoms. The maximum Gasteiger partial charge on any atom is 0.311 e. The number of halogens is 1. The van der Waals surface area contributed by atoms with Gasteiger partial charge in [0, 0.05) is 23.3 Å². The van der Waals surface area contributed by atoms with Crippen LogP contribution in [0.4, 0.5) is 10.1 Å². The summed E-state index contributed by atoms with van der Waals surface area (Å²) in [6.45, 7) is -0.127. The summed E-state index contributed by atoms with van der Waals surface area (Å²) in [5.41, 5.74) is 1.15. The highest BCUT2D eigenvalue weighted by Crippen LogP contribution is 2.30. The number of ketones is 1. The van der Waals surface area contributed by atoms with E-state index in [-0.39, 0.29) is 35.3 Å². The molecule has 0 unspecified atom stereocenters. The Kier molecular flexibility index (Phi) is 7.24. The standard InChI is InChI=1S/C24H20FNO7/c1-31-22-10-4-15(3-8-20(27)16-5-9-21(28)24(12-16)32-2)11-17(22)14-33-23-13-18(25)6-7-19(23)26(29)30/h3-13,28H,14H2,1-2H3/b8-3+. The lowest BCUT2D eigenvalue weighted by Gasteiger charge is -2.11. The average molecular weight is 453 g/mol. The van der Waals surface area contributed by atoms with Crippen molar-refractivity contribution in [2.45, 2.75) is 6.61 Å². The highest BCUT2D eigenvalue weighted by molar-refractivity contribution is 6.07. The third-order valence-electron chi connectivity index (χ3n) is 4.70. The fraction of sp³-hybridized carbons (Fsp3) is 0.125. The Morgan fingerprint density at radius 3 is 2.48 bits per heavy atom. The van der Waals surface area contributed by atoms with Gasteiger partial charge in [-0.15, -0.1) is 0 Å². The minimum absolute atomic E-state index is 0.0728. The molecule has 0 spiro atoms. The largest absolute Gasteiger partial charge is 0.504 e. The van der Waals surface area contributed by atoms with Gasteiger partial charge >= 0.3 is 5.69 Å². The molecule has 0 fully saturated rings. The highest BCUT2D eigenvalue weighted by Gasteiger charge is 2.17. The Balaban J connectivity index is 1.81. The van der Waals surface area contributed by atoms with E-state index >= 15 is 0 Å². The molecule has 9 heteroatoms. The van der Waals surface area contributed by atoms with Crippen LogP contribution >= 0.6 is 0 Å². The lowest BCUT2D eigenvalue weighted by Crippen LogP contribution is -2.02. The fourth-order valence-corrected chi connectivity index (χ4v) is 3.02. The summed E-state index contributed by atoms with van der Waals surface area (Å²) in [6.07, 6.45) is 2.94. The van der Waals surface area contributed by atoms with Crippen molar-refractivity contribution in [1.29, 1.82) is 0 Å². The van der Waals surface area contributed by atoms with Crippen LogP contribution in [-0.4, -0.2) is 30.0 Å². The molecule has 0 aromatic heterocycles. The summed E-state index contributed by atoms with van der Waals surface area (Å²) in [5.74, 6) is -0.609. The molecule has 0 radical (unpaired) electrons. The quantitative estimate of drug-likeness (QED) is 0.212. The smallest absolute Gasteiger partial charge is 0.311 e. The number of allylic oxidation sites excluding steroid dienone is 1. The van der Waals surface area contributed by atoms with Crippen LogP contribution in [0.1, 0.15) is 21.5 Å². The van der Waals surface area contributed by atoms with Crippen molar-refractivity contribution in [3.05, 3.63) is 93.3 Å². The number of phenols is 1.